The van der Waals surface area contributed by atoms with Crippen LogP contribution in [0.5, 0.6) is 23.0 Å². The molecule has 7 rings (SSSR count). The number of methoxy groups -OCH3 is 3. The molecule has 4 aromatic carbocycles. The number of ether oxygens (including phenoxy) is 4. The van der Waals surface area contributed by atoms with Crippen LogP contribution in [0.1, 0.15) is 29.3 Å². The molecule has 0 unspecified atom stereocenters. The number of aryl methyl sites for hydroxylation is 1. The second-order valence-corrected chi connectivity index (χ2v) is 12.6. The van der Waals surface area contributed by atoms with Crippen molar-refractivity contribution < 1.29 is 32.5 Å². The van der Waals surface area contributed by atoms with E-state index < -0.39 is 17.5 Å². The Kier molecular flexibility index (Phi) is 11.1. The van der Waals surface area contributed by atoms with E-state index in [1.54, 1.807) is 48.5 Å². The first-order chi connectivity index (χ1) is 27.3. The summed E-state index contributed by atoms with van der Waals surface area (Å²) in [5.74, 6) is -0.101. The molecule has 6 aromatic rings. The fraction of sp³-hybridized carbons (Fsp3) is 0.159. The van der Waals surface area contributed by atoms with Gasteiger partial charge in [-0.05, 0) is 84.3 Å². The van der Waals surface area contributed by atoms with Crippen molar-refractivity contribution in [3.05, 3.63) is 149 Å². The Balaban J connectivity index is 1.27. The number of amides is 1. The molecule has 0 radical (unpaired) electrons. The predicted molar refractivity (Wildman–Crippen MR) is 210 cm³/mol. The molecule has 0 saturated carbocycles. The molecule has 0 N–H and O–H groups in total. The van der Waals surface area contributed by atoms with Gasteiger partial charge < -0.3 is 18.9 Å². The number of amidine groups is 1. The molecule has 3 heterocycles. The second kappa shape index (κ2) is 16.6. The van der Waals surface area contributed by atoms with Gasteiger partial charge in [0.1, 0.15) is 23.1 Å². The average molecular weight is 754 g/mol. The van der Waals surface area contributed by atoms with Crippen LogP contribution < -0.4 is 23.8 Å². The van der Waals surface area contributed by atoms with E-state index in [9.17, 15) is 9.18 Å². The van der Waals surface area contributed by atoms with Gasteiger partial charge in [0.05, 0.1) is 39.3 Å². The largest absolute Gasteiger partial charge is 0.493 e. The van der Waals surface area contributed by atoms with Crippen LogP contribution in [0.4, 0.5) is 14.7 Å². The van der Waals surface area contributed by atoms with Crippen LogP contribution in [0, 0.1) is 11.6 Å². The fourth-order valence-corrected chi connectivity index (χ4v) is 6.15. The molecule has 12 heteroatoms. The van der Waals surface area contributed by atoms with Gasteiger partial charge >= 0.3 is 0 Å². The van der Waals surface area contributed by atoms with Gasteiger partial charge in [0, 0.05) is 41.1 Å². The van der Waals surface area contributed by atoms with Gasteiger partial charge in [0.25, 0.3) is 5.91 Å². The van der Waals surface area contributed by atoms with Crippen LogP contribution in [-0.4, -0.2) is 54.6 Å². The van der Waals surface area contributed by atoms with Crippen LogP contribution in [0.3, 0.4) is 0 Å². The minimum atomic E-state index is -0.823. The number of aromatic nitrogens is 3. The summed E-state index contributed by atoms with van der Waals surface area (Å²) in [6.45, 7) is 2.51. The number of hydrogen-bond acceptors (Lipinski definition) is 9. The number of benzene rings is 4. The van der Waals surface area contributed by atoms with Gasteiger partial charge in [-0.15, -0.1) is 0 Å². The molecular weight excluding hydrogens is 717 g/mol. The normalized spacial score (nSPS) is 13.2. The monoisotopic (exact) mass is 753 g/mol. The first-order valence-electron chi connectivity index (χ1n) is 17.8. The lowest BCUT2D eigenvalue weighted by molar-refractivity contribution is -0.113. The van der Waals surface area contributed by atoms with Crippen molar-refractivity contribution in [1.29, 1.82) is 0 Å². The number of nitrogens with zero attached hydrogens (tertiary/aromatic N) is 5. The molecule has 0 atom stereocenters. The standard InChI is InChI=1S/C44H37F2N5O5/c1-5-27-11-15-32(47-26-27)19-20-56-33-16-12-29(13-17-33)36-25-37(34-18-14-31(45)24-35(34)46)50-44(49-36)51-42(30-9-7-6-8-10-30)48-38(43(51)52)21-28-22-39(53-2)41(55-4)40(23-28)54-3/h6-18,21-26H,5,19-20H2,1-4H3/b38-21+. The topological polar surface area (TPSA) is 108 Å². The maximum Gasteiger partial charge on any atom is 0.285 e. The summed E-state index contributed by atoms with van der Waals surface area (Å²) in [7, 11) is 4.50. The summed E-state index contributed by atoms with van der Waals surface area (Å²) in [5, 5.41) is 0. The first kappa shape index (κ1) is 37.4. The predicted octanol–water partition coefficient (Wildman–Crippen LogP) is 8.53. The Bertz CT molecular complexity index is 2410. The molecule has 282 valence electrons. The number of carbonyl (C=O) groups is 1. The zero-order valence-electron chi connectivity index (χ0n) is 31.1. The highest BCUT2D eigenvalue weighted by atomic mass is 19.1. The van der Waals surface area contributed by atoms with Crippen molar-refractivity contribution in [2.45, 2.75) is 19.8 Å². The summed E-state index contributed by atoms with van der Waals surface area (Å²) >= 11 is 0. The zero-order valence-corrected chi connectivity index (χ0v) is 31.1. The Labute approximate surface area is 322 Å². The van der Waals surface area contributed by atoms with Crippen LogP contribution in [0.2, 0.25) is 0 Å². The highest BCUT2D eigenvalue weighted by Crippen LogP contribution is 2.39. The Morgan fingerprint density at radius 3 is 2.14 bits per heavy atom. The van der Waals surface area contributed by atoms with Gasteiger partial charge in [-0.1, -0.05) is 43.3 Å². The lowest BCUT2D eigenvalue weighted by Crippen LogP contribution is -2.34. The molecule has 10 nitrogen and oxygen atoms in total. The molecule has 1 amide bonds. The summed E-state index contributed by atoms with van der Waals surface area (Å²) in [6.07, 6.45) is 5.03. The first-order valence-corrected chi connectivity index (χ1v) is 17.8. The van der Waals surface area contributed by atoms with E-state index in [0.717, 1.165) is 24.2 Å². The number of carbonyl (C=O) groups excluding carboxylic acids is 1. The highest BCUT2D eigenvalue weighted by molar-refractivity contribution is 6.32. The molecule has 1 aliphatic heterocycles. The number of rotatable bonds is 13. The summed E-state index contributed by atoms with van der Waals surface area (Å²) in [5.41, 5.74) is 4.51. The molecule has 56 heavy (non-hydrogen) atoms. The summed E-state index contributed by atoms with van der Waals surface area (Å²) in [4.78, 5) is 34.5. The third-order valence-electron chi connectivity index (χ3n) is 9.08. The minimum Gasteiger partial charge on any atom is -0.493 e. The number of anilines is 1. The van der Waals surface area contributed by atoms with Gasteiger partial charge in [-0.25, -0.2) is 28.6 Å². The van der Waals surface area contributed by atoms with Crippen molar-refractivity contribution in [2.75, 3.05) is 32.8 Å². The molecular formula is C44H37F2N5O5. The van der Waals surface area contributed by atoms with Crippen molar-refractivity contribution in [3.8, 4) is 45.5 Å². The van der Waals surface area contributed by atoms with Crippen LogP contribution in [-0.2, 0) is 17.6 Å². The van der Waals surface area contributed by atoms with Crippen molar-refractivity contribution in [1.82, 2.24) is 15.0 Å². The third-order valence-corrected chi connectivity index (χ3v) is 9.08. The number of hydrogen-bond donors (Lipinski definition) is 0. The van der Waals surface area contributed by atoms with E-state index in [-0.39, 0.29) is 28.7 Å². The second-order valence-electron chi connectivity index (χ2n) is 12.6. The van der Waals surface area contributed by atoms with Gasteiger partial charge in [0.15, 0.2) is 17.3 Å². The van der Waals surface area contributed by atoms with E-state index in [2.05, 4.69) is 23.0 Å². The minimum absolute atomic E-state index is 0.0230. The molecule has 0 spiro atoms. The molecule has 0 aliphatic carbocycles. The van der Waals surface area contributed by atoms with Crippen molar-refractivity contribution in [3.63, 3.8) is 0 Å². The Hall–Kier alpha value is -6.95. The molecule has 0 fully saturated rings. The maximum absolute atomic E-state index is 15.3. The smallest absolute Gasteiger partial charge is 0.285 e. The van der Waals surface area contributed by atoms with Crippen molar-refractivity contribution >= 4 is 23.8 Å². The van der Waals surface area contributed by atoms with Crippen LogP contribution >= 0.6 is 0 Å². The Morgan fingerprint density at radius 2 is 1.50 bits per heavy atom. The summed E-state index contributed by atoms with van der Waals surface area (Å²) in [6, 6.07) is 28.6. The van der Waals surface area contributed by atoms with Gasteiger partial charge in [-0.3, -0.25) is 9.78 Å². The fourth-order valence-electron chi connectivity index (χ4n) is 6.15. The molecule has 2 aromatic heterocycles. The number of pyridine rings is 1. The maximum atomic E-state index is 15.3. The Morgan fingerprint density at radius 1 is 0.768 bits per heavy atom. The van der Waals surface area contributed by atoms with Crippen molar-refractivity contribution in [2.24, 2.45) is 4.99 Å². The van der Waals surface area contributed by atoms with Gasteiger partial charge in [0.2, 0.25) is 11.7 Å². The van der Waals surface area contributed by atoms with Crippen LogP contribution in [0.25, 0.3) is 28.6 Å². The lowest BCUT2D eigenvalue weighted by Gasteiger charge is -2.19. The molecule has 0 bridgehead atoms. The van der Waals surface area contributed by atoms with E-state index in [4.69, 9.17) is 28.9 Å². The van der Waals surface area contributed by atoms with Gasteiger partial charge in [-0.2, -0.15) is 0 Å². The average Bonchev–Trinajstić information content (AvgIpc) is 3.55. The molecule has 0 saturated heterocycles. The summed E-state index contributed by atoms with van der Waals surface area (Å²) < 4.78 is 51.9. The lowest BCUT2D eigenvalue weighted by atomic mass is 10.1. The third kappa shape index (κ3) is 7.95. The van der Waals surface area contributed by atoms with E-state index in [1.807, 2.05) is 42.6 Å². The highest BCUT2D eigenvalue weighted by Gasteiger charge is 2.35. The van der Waals surface area contributed by atoms with Crippen LogP contribution in [0.15, 0.2) is 120 Å². The van der Waals surface area contributed by atoms with E-state index in [0.29, 0.717) is 58.4 Å². The SMILES string of the molecule is CCc1ccc(CCOc2ccc(-c3cc(-c4ccc(F)cc4F)nc(N4C(=O)/C(=C\c5cc(OC)c(OC)c(OC)c5)N=C4c4ccccc4)n3)cc2)nc1. The quantitative estimate of drug-likeness (QED) is 0.108. The zero-order chi connectivity index (χ0) is 39.2. The van der Waals surface area contributed by atoms with E-state index >= 15 is 4.39 Å². The number of aliphatic imine (C=N–C) groups is 1. The number of halogens is 2. The van der Waals surface area contributed by atoms with E-state index in [1.165, 1.54) is 37.9 Å². The molecule has 1 aliphatic rings.